The Morgan fingerprint density at radius 2 is 2.05 bits per heavy atom. The Morgan fingerprint density at radius 3 is 2.79 bits per heavy atom. The molecule has 0 spiro atoms. The van der Waals surface area contributed by atoms with Crippen molar-refractivity contribution in [3.8, 4) is 0 Å². The second-order valence-corrected chi connectivity index (χ2v) is 3.88. The van der Waals surface area contributed by atoms with E-state index < -0.39 is 5.97 Å². The van der Waals surface area contributed by atoms with Crippen molar-refractivity contribution in [2.24, 2.45) is 0 Å². The van der Waals surface area contributed by atoms with Crippen molar-refractivity contribution >= 4 is 11.8 Å². The summed E-state index contributed by atoms with van der Waals surface area (Å²) in [6.45, 7) is 2.47. The van der Waals surface area contributed by atoms with E-state index in [1.807, 2.05) is 19.1 Å². The van der Waals surface area contributed by atoms with Crippen LogP contribution >= 0.6 is 0 Å². The van der Waals surface area contributed by atoms with Gasteiger partial charge in [0.1, 0.15) is 0 Å². The predicted molar refractivity (Wildman–Crippen MR) is 69.9 cm³/mol. The van der Waals surface area contributed by atoms with Crippen LogP contribution in [0.3, 0.4) is 0 Å². The lowest BCUT2D eigenvalue weighted by Crippen LogP contribution is -2.11. The Hall–Kier alpha value is -2.50. The van der Waals surface area contributed by atoms with E-state index >= 15 is 0 Å². The SMILES string of the molecule is CCc1cccnc1CNc1nccnc1C(=O)O. The molecule has 2 aromatic heterocycles. The molecule has 2 rings (SSSR count). The molecule has 2 heterocycles. The van der Waals surface area contributed by atoms with Crippen LogP contribution in [-0.4, -0.2) is 26.0 Å². The molecule has 0 saturated carbocycles. The topological polar surface area (TPSA) is 88.0 Å². The van der Waals surface area contributed by atoms with Crippen LogP contribution in [0.25, 0.3) is 0 Å². The van der Waals surface area contributed by atoms with Crippen molar-refractivity contribution in [3.05, 3.63) is 47.7 Å². The van der Waals surface area contributed by atoms with E-state index in [0.29, 0.717) is 6.54 Å². The Morgan fingerprint density at radius 1 is 1.26 bits per heavy atom. The lowest BCUT2D eigenvalue weighted by Gasteiger charge is -2.09. The fraction of sp³-hybridized carbons (Fsp3) is 0.231. The quantitative estimate of drug-likeness (QED) is 0.849. The van der Waals surface area contributed by atoms with Gasteiger partial charge in [-0.3, -0.25) is 4.98 Å². The van der Waals surface area contributed by atoms with Gasteiger partial charge in [-0.15, -0.1) is 0 Å². The van der Waals surface area contributed by atoms with Gasteiger partial charge in [0, 0.05) is 18.6 Å². The van der Waals surface area contributed by atoms with E-state index in [4.69, 9.17) is 5.11 Å². The summed E-state index contributed by atoms with van der Waals surface area (Å²) in [5.41, 5.74) is 1.92. The molecule has 0 aromatic carbocycles. The van der Waals surface area contributed by atoms with E-state index in [2.05, 4.69) is 20.3 Å². The first-order chi connectivity index (χ1) is 9.22. The Balaban J connectivity index is 2.17. The molecule has 0 aliphatic carbocycles. The highest BCUT2D eigenvalue weighted by Crippen LogP contribution is 2.12. The van der Waals surface area contributed by atoms with Crippen LogP contribution in [0.4, 0.5) is 5.82 Å². The number of hydrogen-bond donors (Lipinski definition) is 2. The van der Waals surface area contributed by atoms with Crippen molar-refractivity contribution in [1.29, 1.82) is 0 Å². The molecule has 2 aromatic rings. The number of hydrogen-bond acceptors (Lipinski definition) is 5. The number of carboxylic acid groups (broad SMARTS) is 1. The van der Waals surface area contributed by atoms with Gasteiger partial charge in [-0.2, -0.15) is 0 Å². The van der Waals surface area contributed by atoms with Crippen molar-refractivity contribution in [1.82, 2.24) is 15.0 Å². The number of aromatic nitrogens is 3. The van der Waals surface area contributed by atoms with Crippen molar-refractivity contribution in [2.75, 3.05) is 5.32 Å². The highest BCUT2D eigenvalue weighted by Gasteiger charge is 2.12. The summed E-state index contributed by atoms with van der Waals surface area (Å²) in [7, 11) is 0. The fourth-order valence-corrected chi connectivity index (χ4v) is 1.74. The zero-order valence-electron chi connectivity index (χ0n) is 10.5. The molecular formula is C13H14N4O2. The molecule has 0 bridgehead atoms. The molecule has 0 aliphatic rings. The molecule has 98 valence electrons. The Bertz CT molecular complexity index is 586. The van der Waals surface area contributed by atoms with E-state index in [9.17, 15) is 4.79 Å². The first-order valence-corrected chi connectivity index (χ1v) is 5.93. The first-order valence-electron chi connectivity index (χ1n) is 5.93. The number of rotatable bonds is 5. The normalized spacial score (nSPS) is 10.2. The Kier molecular flexibility index (Phi) is 4.02. The van der Waals surface area contributed by atoms with E-state index in [-0.39, 0.29) is 11.5 Å². The fourth-order valence-electron chi connectivity index (χ4n) is 1.74. The minimum atomic E-state index is -1.10. The average Bonchev–Trinajstić information content (AvgIpc) is 2.45. The van der Waals surface area contributed by atoms with Gasteiger partial charge in [0.15, 0.2) is 11.5 Å². The lowest BCUT2D eigenvalue weighted by molar-refractivity contribution is 0.0691. The largest absolute Gasteiger partial charge is 0.476 e. The van der Waals surface area contributed by atoms with E-state index in [1.54, 1.807) is 6.20 Å². The van der Waals surface area contributed by atoms with Gasteiger partial charge >= 0.3 is 5.97 Å². The van der Waals surface area contributed by atoms with Gasteiger partial charge < -0.3 is 10.4 Å². The standard InChI is InChI=1S/C13H14N4O2/c1-2-9-4-3-5-14-10(9)8-17-12-11(13(18)19)15-6-7-16-12/h3-7H,2,8H2,1H3,(H,16,17)(H,18,19). The summed E-state index contributed by atoms with van der Waals surface area (Å²) in [4.78, 5) is 23.1. The van der Waals surface area contributed by atoms with Crippen LogP contribution < -0.4 is 5.32 Å². The zero-order valence-corrected chi connectivity index (χ0v) is 10.5. The highest BCUT2D eigenvalue weighted by atomic mass is 16.4. The summed E-state index contributed by atoms with van der Waals surface area (Å²) in [6.07, 6.45) is 5.39. The van der Waals surface area contributed by atoms with Crippen LogP contribution in [0, 0.1) is 0 Å². The average molecular weight is 258 g/mol. The first kappa shape index (κ1) is 12.9. The molecule has 0 atom stereocenters. The third-order valence-corrected chi connectivity index (χ3v) is 2.69. The maximum Gasteiger partial charge on any atom is 0.358 e. The van der Waals surface area contributed by atoms with Gasteiger partial charge in [0.25, 0.3) is 0 Å². The van der Waals surface area contributed by atoms with Gasteiger partial charge in [-0.05, 0) is 18.1 Å². The van der Waals surface area contributed by atoms with Gasteiger partial charge in [-0.25, -0.2) is 14.8 Å². The van der Waals surface area contributed by atoms with Crippen LogP contribution in [-0.2, 0) is 13.0 Å². The maximum absolute atomic E-state index is 11.0. The number of carbonyl (C=O) groups is 1. The van der Waals surface area contributed by atoms with Crippen LogP contribution in [0.5, 0.6) is 0 Å². The summed E-state index contributed by atoms with van der Waals surface area (Å²) in [5.74, 6) is -0.852. The molecule has 0 amide bonds. The lowest BCUT2D eigenvalue weighted by atomic mass is 10.1. The predicted octanol–water partition coefficient (Wildman–Crippen LogP) is 1.74. The van der Waals surface area contributed by atoms with Gasteiger partial charge in [0.2, 0.25) is 0 Å². The molecule has 0 saturated heterocycles. The number of pyridine rings is 1. The van der Waals surface area contributed by atoms with Gasteiger partial charge in [-0.1, -0.05) is 13.0 Å². The summed E-state index contributed by atoms with van der Waals surface area (Å²) in [6, 6.07) is 3.88. The zero-order chi connectivity index (χ0) is 13.7. The third-order valence-electron chi connectivity index (χ3n) is 2.69. The highest BCUT2D eigenvalue weighted by molar-refractivity contribution is 5.90. The van der Waals surface area contributed by atoms with Gasteiger partial charge in [0.05, 0.1) is 12.2 Å². The number of aryl methyl sites for hydroxylation is 1. The molecule has 0 unspecified atom stereocenters. The Labute approximate surface area is 110 Å². The molecule has 0 aliphatic heterocycles. The molecule has 2 N–H and O–H groups in total. The summed E-state index contributed by atoms with van der Waals surface area (Å²) >= 11 is 0. The van der Waals surface area contributed by atoms with Crippen LogP contribution in [0.1, 0.15) is 28.7 Å². The van der Waals surface area contributed by atoms with Crippen molar-refractivity contribution < 1.29 is 9.90 Å². The second-order valence-electron chi connectivity index (χ2n) is 3.88. The monoisotopic (exact) mass is 258 g/mol. The van der Waals surface area contributed by atoms with E-state index in [0.717, 1.165) is 17.7 Å². The van der Waals surface area contributed by atoms with Crippen LogP contribution in [0.2, 0.25) is 0 Å². The number of nitrogens with one attached hydrogen (secondary N) is 1. The molecule has 6 heteroatoms. The number of carboxylic acids is 1. The molecule has 0 radical (unpaired) electrons. The maximum atomic E-state index is 11.0. The summed E-state index contributed by atoms with van der Waals surface area (Å²) in [5, 5.41) is 12.0. The molecular weight excluding hydrogens is 244 g/mol. The smallest absolute Gasteiger partial charge is 0.358 e. The van der Waals surface area contributed by atoms with Crippen LogP contribution in [0.15, 0.2) is 30.7 Å². The third kappa shape index (κ3) is 3.04. The van der Waals surface area contributed by atoms with Crippen molar-refractivity contribution in [2.45, 2.75) is 19.9 Å². The van der Waals surface area contributed by atoms with Crippen molar-refractivity contribution in [3.63, 3.8) is 0 Å². The minimum Gasteiger partial charge on any atom is -0.476 e. The minimum absolute atomic E-state index is 0.0866. The van der Waals surface area contributed by atoms with E-state index in [1.165, 1.54) is 12.4 Å². The number of anilines is 1. The number of aromatic carboxylic acids is 1. The molecule has 6 nitrogen and oxygen atoms in total. The number of nitrogens with zero attached hydrogens (tertiary/aromatic N) is 3. The molecule has 19 heavy (non-hydrogen) atoms. The second kappa shape index (κ2) is 5.90. The summed E-state index contributed by atoms with van der Waals surface area (Å²) < 4.78 is 0. The molecule has 0 fully saturated rings.